The lowest BCUT2D eigenvalue weighted by atomic mass is 10.0. The number of amides is 1. The van der Waals surface area contributed by atoms with Gasteiger partial charge >= 0.3 is 5.97 Å². The highest BCUT2D eigenvalue weighted by atomic mass is 16.4. The zero-order valence-electron chi connectivity index (χ0n) is 10.1. The fourth-order valence-corrected chi connectivity index (χ4v) is 2.02. The third kappa shape index (κ3) is 2.51. The first kappa shape index (κ1) is 12.6. The number of anilines is 1. The Morgan fingerprint density at radius 3 is 2.94 bits per heavy atom. The van der Waals surface area contributed by atoms with E-state index in [0.717, 1.165) is 25.8 Å². The molecule has 1 aliphatic heterocycles. The lowest BCUT2D eigenvalue weighted by Crippen LogP contribution is -2.43. The summed E-state index contributed by atoms with van der Waals surface area (Å²) in [6.45, 7) is 0.815. The maximum Gasteiger partial charge on any atom is 0.341 e. The van der Waals surface area contributed by atoms with Crippen LogP contribution in [0.3, 0.4) is 0 Å². The molecule has 7 heteroatoms. The molecule has 98 valence electrons. The van der Waals surface area contributed by atoms with Crippen molar-refractivity contribution in [3.8, 4) is 0 Å². The maximum absolute atomic E-state index is 12.0. The van der Waals surface area contributed by atoms with Crippen LogP contribution in [0.5, 0.6) is 0 Å². The van der Waals surface area contributed by atoms with Crippen molar-refractivity contribution in [3.05, 3.63) is 11.8 Å². The largest absolute Gasteiger partial charge is 0.477 e. The van der Waals surface area contributed by atoms with E-state index in [1.165, 1.54) is 10.9 Å². The van der Waals surface area contributed by atoms with Crippen molar-refractivity contribution >= 4 is 17.7 Å². The van der Waals surface area contributed by atoms with Gasteiger partial charge in [-0.3, -0.25) is 9.48 Å². The van der Waals surface area contributed by atoms with Gasteiger partial charge in [0.15, 0.2) is 0 Å². The Morgan fingerprint density at radius 1 is 1.56 bits per heavy atom. The van der Waals surface area contributed by atoms with Gasteiger partial charge in [0, 0.05) is 7.05 Å². The van der Waals surface area contributed by atoms with Crippen LogP contribution in [0.15, 0.2) is 6.20 Å². The lowest BCUT2D eigenvalue weighted by Gasteiger charge is -2.22. The van der Waals surface area contributed by atoms with Crippen LogP contribution in [-0.4, -0.2) is 39.4 Å². The summed E-state index contributed by atoms with van der Waals surface area (Å²) < 4.78 is 1.35. The summed E-state index contributed by atoms with van der Waals surface area (Å²) in [4.78, 5) is 23.0. The first-order chi connectivity index (χ1) is 8.59. The van der Waals surface area contributed by atoms with Gasteiger partial charge in [-0.15, -0.1) is 0 Å². The van der Waals surface area contributed by atoms with Crippen molar-refractivity contribution in [3.63, 3.8) is 0 Å². The Morgan fingerprint density at radius 2 is 2.33 bits per heavy atom. The van der Waals surface area contributed by atoms with Gasteiger partial charge in [-0.25, -0.2) is 4.79 Å². The third-order valence-electron chi connectivity index (χ3n) is 3.04. The summed E-state index contributed by atoms with van der Waals surface area (Å²) >= 11 is 0. The minimum absolute atomic E-state index is 0.00154. The Kier molecular flexibility index (Phi) is 3.61. The monoisotopic (exact) mass is 252 g/mol. The molecule has 0 bridgehead atoms. The Hall–Kier alpha value is -1.89. The highest BCUT2D eigenvalue weighted by Crippen LogP contribution is 2.15. The van der Waals surface area contributed by atoms with E-state index in [4.69, 9.17) is 5.11 Å². The number of aryl methyl sites for hydroxylation is 1. The molecule has 1 atom stereocenters. The molecule has 1 amide bonds. The molecular formula is C11H16N4O3. The van der Waals surface area contributed by atoms with Crippen molar-refractivity contribution in [1.29, 1.82) is 0 Å². The van der Waals surface area contributed by atoms with E-state index in [1.807, 2.05) is 0 Å². The second kappa shape index (κ2) is 5.18. The molecule has 7 nitrogen and oxygen atoms in total. The Labute approximate surface area is 104 Å². The lowest BCUT2D eigenvalue weighted by molar-refractivity contribution is -0.118. The number of rotatable bonds is 3. The summed E-state index contributed by atoms with van der Waals surface area (Å²) in [5.41, 5.74) is 0.00154. The van der Waals surface area contributed by atoms with E-state index in [2.05, 4.69) is 15.7 Å². The van der Waals surface area contributed by atoms with E-state index in [-0.39, 0.29) is 23.3 Å². The van der Waals surface area contributed by atoms with Gasteiger partial charge in [0.2, 0.25) is 5.91 Å². The zero-order valence-corrected chi connectivity index (χ0v) is 10.1. The minimum atomic E-state index is -1.10. The van der Waals surface area contributed by atoms with Crippen LogP contribution in [0.4, 0.5) is 5.82 Å². The van der Waals surface area contributed by atoms with Crippen molar-refractivity contribution in [2.75, 3.05) is 11.9 Å². The normalized spacial score (nSPS) is 19.5. The van der Waals surface area contributed by atoms with E-state index in [0.29, 0.717) is 0 Å². The van der Waals surface area contributed by atoms with Gasteiger partial charge in [0.05, 0.1) is 12.2 Å². The van der Waals surface area contributed by atoms with Gasteiger partial charge in [0.25, 0.3) is 0 Å². The average molecular weight is 252 g/mol. The maximum atomic E-state index is 12.0. The molecule has 1 saturated heterocycles. The van der Waals surface area contributed by atoms with Crippen LogP contribution in [0.25, 0.3) is 0 Å². The second-order valence-electron chi connectivity index (χ2n) is 4.33. The highest BCUT2D eigenvalue weighted by Gasteiger charge is 2.24. The smallest absolute Gasteiger partial charge is 0.341 e. The topological polar surface area (TPSA) is 96.2 Å². The van der Waals surface area contributed by atoms with Crippen LogP contribution in [0, 0.1) is 0 Å². The van der Waals surface area contributed by atoms with E-state index < -0.39 is 5.97 Å². The third-order valence-corrected chi connectivity index (χ3v) is 3.04. The predicted molar refractivity (Wildman–Crippen MR) is 64.4 cm³/mol. The van der Waals surface area contributed by atoms with Gasteiger partial charge in [-0.1, -0.05) is 6.42 Å². The summed E-state index contributed by atoms with van der Waals surface area (Å²) in [5.74, 6) is -1.09. The number of hydrogen-bond donors (Lipinski definition) is 3. The van der Waals surface area contributed by atoms with Gasteiger partial charge in [0.1, 0.15) is 11.4 Å². The molecule has 1 unspecified atom stereocenters. The molecule has 0 aromatic carbocycles. The number of piperidine rings is 1. The van der Waals surface area contributed by atoms with Gasteiger partial charge in [-0.05, 0) is 19.4 Å². The molecule has 2 rings (SSSR count). The molecule has 0 spiro atoms. The van der Waals surface area contributed by atoms with Crippen molar-refractivity contribution in [2.45, 2.75) is 25.3 Å². The first-order valence-electron chi connectivity index (χ1n) is 5.89. The first-order valence-corrected chi connectivity index (χ1v) is 5.89. The molecular weight excluding hydrogens is 236 g/mol. The molecule has 3 N–H and O–H groups in total. The summed E-state index contributed by atoms with van der Waals surface area (Å²) in [5, 5.41) is 18.6. The number of aromatic carboxylic acids is 1. The van der Waals surface area contributed by atoms with Crippen molar-refractivity contribution in [2.24, 2.45) is 7.05 Å². The quantitative estimate of drug-likeness (QED) is 0.714. The minimum Gasteiger partial charge on any atom is -0.477 e. The molecule has 2 heterocycles. The van der Waals surface area contributed by atoms with E-state index >= 15 is 0 Å². The number of carboxylic acids is 1. The number of hydrogen-bond acceptors (Lipinski definition) is 4. The molecule has 0 aliphatic carbocycles. The highest BCUT2D eigenvalue weighted by molar-refractivity contribution is 6.01. The van der Waals surface area contributed by atoms with E-state index in [9.17, 15) is 9.59 Å². The molecule has 0 saturated carbocycles. The summed E-state index contributed by atoms with van der Waals surface area (Å²) in [7, 11) is 1.59. The van der Waals surface area contributed by atoms with Gasteiger partial charge in [-0.2, -0.15) is 5.10 Å². The number of aromatic nitrogens is 2. The number of carbonyl (C=O) groups is 2. The van der Waals surface area contributed by atoms with Crippen LogP contribution in [0.2, 0.25) is 0 Å². The molecule has 1 fully saturated rings. The van der Waals surface area contributed by atoms with E-state index in [1.54, 1.807) is 7.05 Å². The van der Waals surface area contributed by atoms with Gasteiger partial charge < -0.3 is 15.7 Å². The SMILES string of the molecule is Cn1ncc(C(=O)O)c1NC(=O)C1CCCCN1. The number of carbonyl (C=O) groups excluding carboxylic acids is 1. The molecule has 1 aliphatic rings. The number of nitrogens with zero attached hydrogens (tertiary/aromatic N) is 2. The molecule has 1 aromatic rings. The Bertz CT molecular complexity index is 463. The summed E-state index contributed by atoms with van der Waals surface area (Å²) in [6.07, 6.45) is 4.07. The fraction of sp³-hybridized carbons (Fsp3) is 0.545. The van der Waals surface area contributed by atoms with Crippen molar-refractivity contribution < 1.29 is 14.7 Å². The zero-order chi connectivity index (χ0) is 13.1. The summed E-state index contributed by atoms with van der Waals surface area (Å²) in [6, 6.07) is -0.254. The second-order valence-corrected chi connectivity index (χ2v) is 4.33. The number of nitrogens with one attached hydrogen (secondary N) is 2. The average Bonchev–Trinajstić information content (AvgIpc) is 2.72. The van der Waals surface area contributed by atoms with Crippen LogP contribution in [-0.2, 0) is 11.8 Å². The molecule has 0 radical (unpaired) electrons. The van der Waals surface area contributed by atoms with Crippen LogP contribution >= 0.6 is 0 Å². The number of carboxylic acid groups (broad SMARTS) is 1. The fourth-order valence-electron chi connectivity index (χ4n) is 2.02. The Balaban J connectivity index is 2.10. The predicted octanol–water partition coefficient (Wildman–Crippen LogP) is 0.199. The molecule has 18 heavy (non-hydrogen) atoms. The van der Waals surface area contributed by atoms with Crippen molar-refractivity contribution in [1.82, 2.24) is 15.1 Å². The van der Waals surface area contributed by atoms with Crippen LogP contribution < -0.4 is 10.6 Å². The standard InChI is InChI=1S/C11H16N4O3/c1-15-9(7(6-13-15)11(17)18)14-10(16)8-4-2-3-5-12-8/h6,8,12H,2-5H2,1H3,(H,14,16)(H,17,18). The van der Waals surface area contributed by atoms with Crippen LogP contribution in [0.1, 0.15) is 29.6 Å². The molecule has 1 aromatic heterocycles.